The van der Waals surface area contributed by atoms with E-state index >= 15 is 0 Å². The molecule has 2 saturated carbocycles. The fourth-order valence-corrected chi connectivity index (χ4v) is 5.40. The molecule has 3 aliphatic rings. The highest BCUT2D eigenvalue weighted by molar-refractivity contribution is 6.43. The normalized spacial score (nSPS) is 31.1. The summed E-state index contributed by atoms with van der Waals surface area (Å²) in [7, 11) is 0. The number of aromatic nitrogens is 2. The van der Waals surface area contributed by atoms with E-state index in [4.69, 9.17) is 23.2 Å². The van der Waals surface area contributed by atoms with Crippen molar-refractivity contribution < 1.29 is 0 Å². The van der Waals surface area contributed by atoms with E-state index in [1.165, 1.54) is 32.1 Å². The second-order valence-corrected chi connectivity index (χ2v) is 7.77. The molecule has 3 atom stereocenters. The molecule has 1 spiro atoms. The Morgan fingerprint density at radius 1 is 1.00 bits per heavy atom. The lowest BCUT2D eigenvalue weighted by Gasteiger charge is -2.68. The molecule has 1 aliphatic heterocycles. The van der Waals surface area contributed by atoms with E-state index in [0.29, 0.717) is 27.5 Å². The quantitative estimate of drug-likeness (QED) is 0.769. The maximum Gasteiger partial charge on any atom is 0.151 e. The lowest BCUT2D eigenvalue weighted by atomic mass is 9.53. The molecule has 1 saturated heterocycles. The highest BCUT2D eigenvalue weighted by Gasteiger charge is 2.67. The van der Waals surface area contributed by atoms with E-state index in [1.807, 2.05) is 18.2 Å². The zero-order chi connectivity index (χ0) is 15.6. The maximum absolute atomic E-state index is 6.28. The van der Waals surface area contributed by atoms with Crippen molar-refractivity contribution in [2.75, 3.05) is 4.90 Å². The van der Waals surface area contributed by atoms with Crippen LogP contribution >= 0.6 is 23.2 Å². The van der Waals surface area contributed by atoms with Crippen LogP contribution in [0.1, 0.15) is 32.1 Å². The van der Waals surface area contributed by atoms with Gasteiger partial charge in [-0.25, -0.2) is 0 Å². The molecule has 1 aromatic heterocycles. The second kappa shape index (κ2) is 4.84. The molecular formula is C18H17Cl2N3. The van der Waals surface area contributed by atoms with Crippen LogP contribution in [-0.4, -0.2) is 22.3 Å². The Morgan fingerprint density at radius 2 is 1.87 bits per heavy atom. The number of anilines is 1. The van der Waals surface area contributed by atoms with Crippen LogP contribution in [0.25, 0.3) is 11.3 Å². The fourth-order valence-electron chi connectivity index (χ4n) is 5.00. The molecule has 3 unspecified atom stereocenters. The largest absolute Gasteiger partial charge is 0.348 e. The Morgan fingerprint density at radius 3 is 2.61 bits per heavy atom. The first kappa shape index (κ1) is 14.1. The van der Waals surface area contributed by atoms with Gasteiger partial charge in [0, 0.05) is 23.1 Å². The van der Waals surface area contributed by atoms with Crippen LogP contribution in [0.5, 0.6) is 0 Å². The van der Waals surface area contributed by atoms with Gasteiger partial charge in [-0.15, -0.1) is 10.2 Å². The van der Waals surface area contributed by atoms with Gasteiger partial charge in [0.2, 0.25) is 0 Å². The van der Waals surface area contributed by atoms with E-state index in [0.717, 1.165) is 17.1 Å². The molecule has 0 N–H and O–H groups in total. The molecular weight excluding hydrogens is 329 g/mol. The number of hydrogen-bond donors (Lipinski definition) is 0. The van der Waals surface area contributed by atoms with Crippen LogP contribution < -0.4 is 4.90 Å². The van der Waals surface area contributed by atoms with E-state index in [1.54, 1.807) is 6.07 Å². The summed E-state index contributed by atoms with van der Waals surface area (Å²) in [5.74, 6) is 1.01. The Labute approximate surface area is 145 Å². The molecule has 2 aromatic rings. The Kier molecular flexibility index (Phi) is 2.96. The van der Waals surface area contributed by atoms with Crippen LogP contribution in [0.15, 0.2) is 30.3 Å². The predicted molar refractivity (Wildman–Crippen MR) is 93.1 cm³/mol. The molecule has 0 radical (unpaired) electrons. The zero-order valence-electron chi connectivity index (χ0n) is 12.7. The minimum atomic E-state index is 0.536. The zero-order valence-corrected chi connectivity index (χ0v) is 14.2. The lowest BCUT2D eigenvalue weighted by Crippen LogP contribution is -2.75. The van der Waals surface area contributed by atoms with Gasteiger partial charge >= 0.3 is 0 Å². The monoisotopic (exact) mass is 345 g/mol. The van der Waals surface area contributed by atoms with E-state index in [2.05, 4.69) is 21.2 Å². The smallest absolute Gasteiger partial charge is 0.151 e. The van der Waals surface area contributed by atoms with Gasteiger partial charge in [-0.1, -0.05) is 41.8 Å². The van der Waals surface area contributed by atoms with Crippen molar-refractivity contribution in [2.24, 2.45) is 5.41 Å². The minimum absolute atomic E-state index is 0.536. The molecule has 0 bridgehead atoms. The van der Waals surface area contributed by atoms with Crippen LogP contribution in [-0.2, 0) is 0 Å². The number of nitrogens with zero attached hydrogens (tertiary/aromatic N) is 3. The first-order chi connectivity index (χ1) is 11.2. The van der Waals surface area contributed by atoms with Gasteiger partial charge in [0.25, 0.3) is 0 Å². The standard InChI is InChI=1S/C18H17Cl2N3/c19-12-4-1-3-11(17(12)20)13-6-7-16(22-21-13)23-14-5-2-9-18(14)10-8-15(18)23/h1,3-4,6-7,14-15H,2,5,8-10H2. The summed E-state index contributed by atoms with van der Waals surface area (Å²) < 4.78 is 0. The topological polar surface area (TPSA) is 29.0 Å². The summed E-state index contributed by atoms with van der Waals surface area (Å²) in [6.07, 6.45) is 6.78. The molecule has 118 valence electrons. The summed E-state index contributed by atoms with van der Waals surface area (Å²) in [5.41, 5.74) is 2.23. The summed E-state index contributed by atoms with van der Waals surface area (Å²) >= 11 is 12.4. The first-order valence-electron chi connectivity index (χ1n) is 8.27. The second-order valence-electron chi connectivity index (χ2n) is 6.98. The van der Waals surface area contributed by atoms with Gasteiger partial charge in [0.1, 0.15) is 0 Å². The highest BCUT2D eigenvalue weighted by atomic mass is 35.5. The van der Waals surface area contributed by atoms with E-state index in [9.17, 15) is 0 Å². The first-order valence-corrected chi connectivity index (χ1v) is 9.03. The summed E-state index contributed by atoms with van der Waals surface area (Å²) in [6.45, 7) is 0. The SMILES string of the molecule is Clc1cccc(-c2ccc(N3C4CCCC45CCC35)nn2)c1Cl. The van der Waals surface area contributed by atoms with Crippen molar-refractivity contribution in [2.45, 2.75) is 44.2 Å². The van der Waals surface area contributed by atoms with Gasteiger partial charge in [0.05, 0.1) is 15.7 Å². The van der Waals surface area contributed by atoms with Crippen LogP contribution in [0.2, 0.25) is 10.0 Å². The van der Waals surface area contributed by atoms with Crippen molar-refractivity contribution in [1.82, 2.24) is 10.2 Å². The number of hydrogen-bond acceptors (Lipinski definition) is 3. The highest BCUT2D eigenvalue weighted by Crippen LogP contribution is 2.65. The lowest BCUT2D eigenvalue weighted by molar-refractivity contribution is -0.0165. The van der Waals surface area contributed by atoms with Gasteiger partial charge in [-0.2, -0.15) is 0 Å². The summed E-state index contributed by atoms with van der Waals surface area (Å²) in [6, 6.07) is 11.1. The number of benzene rings is 1. The van der Waals surface area contributed by atoms with E-state index < -0.39 is 0 Å². The van der Waals surface area contributed by atoms with Crippen molar-refractivity contribution >= 4 is 29.0 Å². The average molecular weight is 346 g/mol. The van der Waals surface area contributed by atoms with Crippen LogP contribution in [0.4, 0.5) is 5.82 Å². The number of halogens is 2. The fraction of sp³-hybridized carbons (Fsp3) is 0.444. The number of rotatable bonds is 2. The third kappa shape index (κ3) is 1.78. The summed E-state index contributed by atoms with van der Waals surface area (Å²) in [5, 5.41) is 9.99. The molecule has 2 heterocycles. The molecule has 2 aliphatic carbocycles. The van der Waals surface area contributed by atoms with Gasteiger partial charge in [-0.05, 0) is 43.9 Å². The van der Waals surface area contributed by atoms with Crippen LogP contribution in [0.3, 0.4) is 0 Å². The van der Waals surface area contributed by atoms with Crippen LogP contribution in [0, 0.1) is 5.41 Å². The maximum atomic E-state index is 6.28. The van der Waals surface area contributed by atoms with E-state index in [-0.39, 0.29) is 0 Å². The predicted octanol–water partition coefficient (Wildman–Crippen LogP) is 4.97. The molecule has 23 heavy (non-hydrogen) atoms. The average Bonchev–Trinajstić information content (AvgIpc) is 2.98. The number of piperidine rings is 1. The Balaban J connectivity index is 1.46. The van der Waals surface area contributed by atoms with Crippen molar-refractivity contribution in [3.05, 3.63) is 40.4 Å². The molecule has 5 heteroatoms. The third-order valence-electron chi connectivity index (χ3n) is 6.14. The van der Waals surface area contributed by atoms with Crippen molar-refractivity contribution in [3.63, 3.8) is 0 Å². The summed E-state index contributed by atoms with van der Waals surface area (Å²) in [4.78, 5) is 2.51. The minimum Gasteiger partial charge on any atom is -0.348 e. The molecule has 3 nitrogen and oxygen atoms in total. The Bertz CT molecular complexity index is 776. The molecule has 5 rings (SSSR count). The van der Waals surface area contributed by atoms with Gasteiger partial charge < -0.3 is 4.90 Å². The molecule has 3 fully saturated rings. The van der Waals surface area contributed by atoms with Gasteiger partial charge in [0.15, 0.2) is 5.82 Å². The van der Waals surface area contributed by atoms with Crippen molar-refractivity contribution in [3.8, 4) is 11.3 Å². The molecule has 0 amide bonds. The van der Waals surface area contributed by atoms with Gasteiger partial charge in [-0.3, -0.25) is 0 Å². The van der Waals surface area contributed by atoms with Crippen molar-refractivity contribution in [1.29, 1.82) is 0 Å². The Hall–Kier alpha value is -1.32. The third-order valence-corrected chi connectivity index (χ3v) is 6.96. The molecule has 1 aromatic carbocycles.